The van der Waals surface area contributed by atoms with Gasteiger partial charge in [-0.2, -0.15) is 9.57 Å². The third kappa shape index (κ3) is 4.55. The molecule has 3 aromatic rings. The number of nitriles is 1. The molecular weight excluding hydrogens is 495 g/mol. The molecule has 0 atom stereocenters. The van der Waals surface area contributed by atoms with Crippen LogP contribution in [0.3, 0.4) is 0 Å². The molecule has 1 N–H and O–H groups in total. The van der Waals surface area contributed by atoms with Gasteiger partial charge in [-0.05, 0) is 78.4 Å². The topological polar surface area (TPSA) is 98.5 Å². The Morgan fingerprint density at radius 1 is 1.00 bits per heavy atom. The monoisotopic (exact) mass is 514 g/mol. The van der Waals surface area contributed by atoms with E-state index in [2.05, 4.69) is 0 Å². The van der Waals surface area contributed by atoms with Gasteiger partial charge in [-0.25, -0.2) is 8.42 Å². The van der Waals surface area contributed by atoms with Crippen LogP contribution in [0.4, 0.5) is 0 Å². The van der Waals surface area contributed by atoms with Gasteiger partial charge >= 0.3 is 5.97 Å². The van der Waals surface area contributed by atoms with E-state index in [0.29, 0.717) is 28.5 Å². The van der Waals surface area contributed by atoms with Crippen LogP contribution in [0.5, 0.6) is 0 Å². The first kappa shape index (κ1) is 24.2. The van der Waals surface area contributed by atoms with Crippen LogP contribution in [0.2, 0.25) is 10.0 Å². The highest BCUT2D eigenvalue weighted by atomic mass is 35.5. The molecule has 0 amide bonds. The molecular formula is C25H20Cl2N2O4S. The predicted molar refractivity (Wildman–Crippen MR) is 130 cm³/mol. The van der Waals surface area contributed by atoms with Gasteiger partial charge in [0.25, 0.3) is 0 Å². The van der Waals surface area contributed by atoms with Gasteiger partial charge in [-0.1, -0.05) is 47.5 Å². The molecule has 0 aliphatic heterocycles. The van der Waals surface area contributed by atoms with E-state index in [1.165, 1.54) is 24.3 Å². The third-order valence-corrected chi connectivity index (χ3v) is 8.43. The molecule has 1 aliphatic rings. The van der Waals surface area contributed by atoms with E-state index >= 15 is 0 Å². The summed E-state index contributed by atoms with van der Waals surface area (Å²) >= 11 is 12.3. The summed E-state index contributed by atoms with van der Waals surface area (Å²) in [5.41, 5.74) is 1.39. The molecule has 1 saturated carbocycles. The summed E-state index contributed by atoms with van der Waals surface area (Å²) in [6.45, 7) is -0.702. The van der Waals surface area contributed by atoms with Crippen LogP contribution in [0, 0.1) is 11.3 Å². The summed E-state index contributed by atoms with van der Waals surface area (Å²) in [5.74, 6) is -1.26. The molecule has 0 spiro atoms. The number of rotatable bonds is 7. The second-order valence-corrected chi connectivity index (χ2v) is 10.9. The van der Waals surface area contributed by atoms with Crippen LogP contribution >= 0.6 is 23.2 Å². The Morgan fingerprint density at radius 3 is 2.26 bits per heavy atom. The summed E-state index contributed by atoms with van der Waals surface area (Å²) < 4.78 is 28.5. The lowest BCUT2D eigenvalue weighted by Crippen LogP contribution is -2.55. The standard InChI is InChI=1S/C25H20Cl2N2O4S/c26-21-12-19(13-22(27)14-21)18-5-2-6-20(11-18)25(8-3-9-25)29(16-24(30)31)34(32,33)23-7-1-4-17(10-23)15-28/h1-2,4-7,10-14H,3,8-9,16H2,(H,30,31). The molecule has 1 fully saturated rings. The van der Waals surface area contributed by atoms with Crippen LogP contribution in [0.1, 0.15) is 30.4 Å². The van der Waals surface area contributed by atoms with E-state index in [1.807, 2.05) is 24.3 Å². The molecule has 0 unspecified atom stereocenters. The van der Waals surface area contributed by atoms with Crippen molar-refractivity contribution in [2.75, 3.05) is 6.54 Å². The van der Waals surface area contributed by atoms with Gasteiger partial charge in [0.05, 0.1) is 22.1 Å². The summed E-state index contributed by atoms with van der Waals surface area (Å²) in [6, 6.07) is 20.0. The summed E-state index contributed by atoms with van der Waals surface area (Å²) in [7, 11) is -4.23. The van der Waals surface area contributed by atoms with Crippen molar-refractivity contribution in [1.82, 2.24) is 4.31 Å². The zero-order valence-corrected chi connectivity index (χ0v) is 20.2. The lowest BCUT2D eigenvalue weighted by molar-refractivity contribution is -0.139. The lowest BCUT2D eigenvalue weighted by Gasteiger charge is -2.49. The van der Waals surface area contributed by atoms with E-state index in [4.69, 9.17) is 23.2 Å². The maximum absolute atomic E-state index is 13.7. The molecule has 4 rings (SSSR count). The number of carboxylic acids is 1. The summed E-state index contributed by atoms with van der Waals surface area (Å²) in [4.78, 5) is 11.7. The van der Waals surface area contributed by atoms with E-state index in [1.54, 1.807) is 24.3 Å². The molecule has 6 nitrogen and oxygen atoms in total. The molecule has 1 aliphatic carbocycles. The molecule has 34 heavy (non-hydrogen) atoms. The number of benzene rings is 3. The Balaban J connectivity index is 1.84. The Kier molecular flexibility index (Phi) is 6.70. The molecule has 0 saturated heterocycles. The number of hydrogen-bond acceptors (Lipinski definition) is 4. The lowest BCUT2D eigenvalue weighted by atomic mass is 9.71. The first-order valence-electron chi connectivity index (χ1n) is 10.5. The van der Waals surface area contributed by atoms with Crippen LogP contribution in [0.15, 0.2) is 71.6 Å². The highest BCUT2D eigenvalue weighted by Crippen LogP contribution is 2.49. The van der Waals surface area contributed by atoms with Crippen molar-refractivity contribution in [3.05, 3.63) is 87.9 Å². The van der Waals surface area contributed by atoms with E-state index in [-0.39, 0.29) is 10.5 Å². The fraction of sp³-hybridized carbons (Fsp3) is 0.200. The van der Waals surface area contributed by atoms with Gasteiger partial charge in [0, 0.05) is 10.0 Å². The van der Waals surface area contributed by atoms with Crippen LogP contribution < -0.4 is 0 Å². The van der Waals surface area contributed by atoms with Crippen molar-refractivity contribution in [2.45, 2.75) is 29.7 Å². The largest absolute Gasteiger partial charge is 0.480 e. The molecule has 0 radical (unpaired) electrons. The van der Waals surface area contributed by atoms with Gasteiger partial charge in [-0.3, -0.25) is 4.79 Å². The quantitative estimate of drug-likeness (QED) is 0.436. The smallest absolute Gasteiger partial charge is 0.318 e. The fourth-order valence-corrected chi connectivity index (χ4v) is 6.68. The Hall–Kier alpha value is -2.89. The number of carboxylic acid groups (broad SMARTS) is 1. The molecule has 3 aromatic carbocycles. The van der Waals surface area contributed by atoms with Crippen LogP contribution in [-0.2, 0) is 20.4 Å². The number of hydrogen-bond donors (Lipinski definition) is 1. The Bertz CT molecular complexity index is 1390. The minimum absolute atomic E-state index is 0.114. The Morgan fingerprint density at radius 2 is 1.68 bits per heavy atom. The van der Waals surface area contributed by atoms with Gasteiger partial charge in [-0.15, -0.1) is 0 Å². The zero-order chi connectivity index (χ0) is 24.5. The average Bonchev–Trinajstić information content (AvgIpc) is 2.77. The molecule has 0 bridgehead atoms. The van der Waals surface area contributed by atoms with Crippen molar-refractivity contribution in [3.63, 3.8) is 0 Å². The van der Waals surface area contributed by atoms with Crippen molar-refractivity contribution >= 4 is 39.2 Å². The number of carbonyl (C=O) groups is 1. The van der Waals surface area contributed by atoms with Gasteiger partial charge in [0.1, 0.15) is 6.54 Å². The number of aliphatic carboxylic acids is 1. The predicted octanol–water partition coefficient (Wildman–Crippen LogP) is 5.69. The number of halogens is 2. The maximum atomic E-state index is 13.7. The number of nitrogens with zero attached hydrogens (tertiary/aromatic N) is 2. The highest BCUT2D eigenvalue weighted by molar-refractivity contribution is 7.89. The van der Waals surface area contributed by atoms with Gasteiger partial charge < -0.3 is 5.11 Å². The van der Waals surface area contributed by atoms with Crippen molar-refractivity contribution in [1.29, 1.82) is 5.26 Å². The fourth-order valence-electron chi connectivity index (χ4n) is 4.35. The molecule has 0 aromatic heterocycles. The third-order valence-electron chi connectivity index (χ3n) is 6.08. The highest BCUT2D eigenvalue weighted by Gasteiger charge is 2.50. The van der Waals surface area contributed by atoms with Gasteiger partial charge in [0.2, 0.25) is 10.0 Å². The first-order valence-corrected chi connectivity index (χ1v) is 12.7. The summed E-state index contributed by atoms with van der Waals surface area (Å²) in [6.07, 6.45) is 1.69. The first-order chi connectivity index (χ1) is 16.2. The molecule has 0 heterocycles. The van der Waals surface area contributed by atoms with Crippen molar-refractivity contribution in [2.24, 2.45) is 0 Å². The van der Waals surface area contributed by atoms with Crippen LogP contribution in [0.25, 0.3) is 11.1 Å². The average molecular weight is 515 g/mol. The normalized spacial score (nSPS) is 14.9. The van der Waals surface area contributed by atoms with E-state index in [9.17, 15) is 23.6 Å². The molecule has 9 heteroatoms. The van der Waals surface area contributed by atoms with Crippen LogP contribution in [-0.4, -0.2) is 30.3 Å². The SMILES string of the molecule is N#Cc1cccc(S(=O)(=O)N(CC(=O)O)C2(c3cccc(-c4cc(Cl)cc(Cl)c4)c3)CCC2)c1. The van der Waals surface area contributed by atoms with Gasteiger partial charge in [0.15, 0.2) is 0 Å². The van der Waals surface area contributed by atoms with E-state index < -0.39 is 28.1 Å². The summed E-state index contributed by atoms with van der Waals surface area (Å²) in [5, 5.41) is 19.8. The second-order valence-electron chi connectivity index (χ2n) is 8.17. The number of sulfonamides is 1. The minimum atomic E-state index is -4.23. The Labute approximate surface area is 208 Å². The maximum Gasteiger partial charge on any atom is 0.318 e. The minimum Gasteiger partial charge on any atom is -0.480 e. The van der Waals surface area contributed by atoms with Crippen molar-refractivity contribution < 1.29 is 18.3 Å². The van der Waals surface area contributed by atoms with Crippen molar-refractivity contribution in [3.8, 4) is 17.2 Å². The second kappa shape index (κ2) is 9.40. The molecule has 174 valence electrons. The zero-order valence-electron chi connectivity index (χ0n) is 17.9. The van der Waals surface area contributed by atoms with E-state index in [0.717, 1.165) is 21.9 Å².